The fourth-order valence-corrected chi connectivity index (χ4v) is 4.64. The van der Waals surface area contributed by atoms with Crippen molar-refractivity contribution < 1.29 is 24.2 Å². The Balaban J connectivity index is 2.06. The van der Waals surface area contributed by atoms with Gasteiger partial charge >= 0.3 is 6.09 Å². The van der Waals surface area contributed by atoms with Crippen molar-refractivity contribution in [3.05, 3.63) is 58.7 Å². The van der Waals surface area contributed by atoms with Crippen molar-refractivity contribution in [2.24, 2.45) is 5.92 Å². The Labute approximate surface area is 232 Å². The quantitative estimate of drug-likeness (QED) is 0.368. The number of rotatable bonds is 9. The van der Waals surface area contributed by atoms with Gasteiger partial charge < -0.3 is 25.4 Å². The molecule has 2 aromatic rings. The average molecular weight is 538 g/mol. The smallest absolute Gasteiger partial charge is 0.408 e. The lowest BCUT2D eigenvalue weighted by Gasteiger charge is -2.36. The number of aryl methyl sites for hydroxylation is 3. The molecule has 0 bridgehead atoms. The van der Waals surface area contributed by atoms with Crippen LogP contribution in [-0.2, 0) is 14.3 Å². The molecule has 2 aromatic carbocycles. The predicted octanol–water partition coefficient (Wildman–Crippen LogP) is 5.93. The van der Waals surface area contributed by atoms with E-state index in [0.717, 1.165) is 24.0 Å². The highest BCUT2D eigenvalue weighted by molar-refractivity contribution is 6.00. The second kappa shape index (κ2) is 12.1. The Morgan fingerprint density at radius 1 is 1.05 bits per heavy atom. The van der Waals surface area contributed by atoms with E-state index in [1.807, 2.05) is 45.9 Å². The van der Waals surface area contributed by atoms with Gasteiger partial charge in [-0.3, -0.25) is 9.59 Å². The number of alkyl carbamates (subject to hydrolysis) is 1. The number of hydrogen-bond acceptors (Lipinski definition) is 5. The first-order valence-electron chi connectivity index (χ1n) is 13.7. The predicted molar refractivity (Wildman–Crippen MR) is 153 cm³/mol. The Bertz CT molecular complexity index is 1190. The van der Waals surface area contributed by atoms with Crippen LogP contribution in [0.1, 0.15) is 82.2 Å². The van der Waals surface area contributed by atoms with E-state index in [4.69, 9.17) is 4.74 Å². The molecule has 0 saturated heterocycles. The van der Waals surface area contributed by atoms with Crippen LogP contribution in [0.15, 0.2) is 36.4 Å². The third kappa shape index (κ3) is 7.52. The highest BCUT2D eigenvalue weighted by atomic mass is 16.6. The molecule has 1 fully saturated rings. The topological polar surface area (TPSA) is 108 Å². The lowest BCUT2D eigenvalue weighted by Crippen LogP contribution is -2.55. The summed E-state index contributed by atoms with van der Waals surface area (Å²) in [5, 5.41) is 16.1. The van der Waals surface area contributed by atoms with Crippen molar-refractivity contribution in [3.8, 4) is 5.75 Å². The molecule has 1 aliphatic rings. The van der Waals surface area contributed by atoms with Crippen LogP contribution in [0.2, 0.25) is 0 Å². The van der Waals surface area contributed by atoms with Crippen LogP contribution in [0, 0.1) is 26.7 Å². The Kier molecular flexibility index (Phi) is 9.30. The summed E-state index contributed by atoms with van der Waals surface area (Å²) in [5.74, 6) is -0.765. The summed E-state index contributed by atoms with van der Waals surface area (Å²) in [5.41, 5.74) is 3.01. The van der Waals surface area contributed by atoms with E-state index in [-0.39, 0.29) is 29.5 Å². The Morgan fingerprint density at radius 2 is 1.67 bits per heavy atom. The van der Waals surface area contributed by atoms with Gasteiger partial charge in [0.25, 0.3) is 5.91 Å². The average Bonchev–Trinajstić information content (AvgIpc) is 3.68. The van der Waals surface area contributed by atoms with Gasteiger partial charge in [-0.1, -0.05) is 44.5 Å². The summed E-state index contributed by atoms with van der Waals surface area (Å²) in [4.78, 5) is 42.8. The van der Waals surface area contributed by atoms with Gasteiger partial charge in [-0.15, -0.1) is 0 Å². The number of nitrogens with zero attached hydrogens (tertiary/aromatic N) is 1. The molecule has 212 valence electrons. The molecule has 8 nitrogen and oxygen atoms in total. The van der Waals surface area contributed by atoms with Gasteiger partial charge in [0.05, 0.1) is 0 Å². The van der Waals surface area contributed by atoms with E-state index in [1.165, 1.54) is 0 Å². The zero-order chi connectivity index (χ0) is 29.1. The van der Waals surface area contributed by atoms with Gasteiger partial charge in [0.1, 0.15) is 23.4 Å². The van der Waals surface area contributed by atoms with E-state index in [9.17, 15) is 19.5 Å². The molecule has 3 atom stereocenters. The van der Waals surface area contributed by atoms with Crippen LogP contribution in [-0.4, -0.2) is 45.6 Å². The monoisotopic (exact) mass is 537 g/mol. The number of carbonyl (C=O) groups excluding carboxylic acids is 3. The molecule has 3 unspecified atom stereocenters. The number of nitrogens with one attached hydrogen (secondary N) is 2. The van der Waals surface area contributed by atoms with E-state index >= 15 is 0 Å². The number of ether oxygens (including phenoxy) is 1. The number of aromatic hydroxyl groups is 1. The second-order valence-corrected chi connectivity index (χ2v) is 11.7. The normalized spacial score (nSPS) is 15.6. The molecule has 0 radical (unpaired) electrons. The fourth-order valence-electron chi connectivity index (χ4n) is 4.64. The minimum atomic E-state index is -0.963. The van der Waals surface area contributed by atoms with Crippen molar-refractivity contribution in [2.75, 3.05) is 5.32 Å². The first kappa shape index (κ1) is 30.0. The molecule has 1 saturated carbocycles. The van der Waals surface area contributed by atoms with Gasteiger partial charge in [-0.25, -0.2) is 4.79 Å². The van der Waals surface area contributed by atoms with Gasteiger partial charge in [-0.2, -0.15) is 0 Å². The lowest BCUT2D eigenvalue weighted by atomic mass is 9.95. The lowest BCUT2D eigenvalue weighted by molar-refractivity contribution is -0.142. The first-order chi connectivity index (χ1) is 18.2. The third-order valence-electron chi connectivity index (χ3n) is 7.14. The van der Waals surface area contributed by atoms with Crippen molar-refractivity contribution in [1.29, 1.82) is 0 Å². The van der Waals surface area contributed by atoms with E-state index in [2.05, 4.69) is 10.6 Å². The minimum Gasteiger partial charge on any atom is -0.508 e. The fraction of sp³-hybridized carbons (Fsp3) is 0.516. The van der Waals surface area contributed by atoms with Crippen LogP contribution in [0.5, 0.6) is 5.75 Å². The molecular formula is C31H43N3O5. The zero-order valence-electron chi connectivity index (χ0n) is 24.4. The minimum absolute atomic E-state index is 0.112. The van der Waals surface area contributed by atoms with Crippen LogP contribution in [0.25, 0.3) is 0 Å². The third-order valence-corrected chi connectivity index (χ3v) is 7.14. The second-order valence-electron chi connectivity index (χ2n) is 11.7. The summed E-state index contributed by atoms with van der Waals surface area (Å²) in [6.45, 7) is 14.8. The van der Waals surface area contributed by atoms with Crippen molar-refractivity contribution in [1.82, 2.24) is 10.2 Å². The maximum absolute atomic E-state index is 14.3. The van der Waals surface area contributed by atoms with Crippen molar-refractivity contribution in [3.63, 3.8) is 0 Å². The number of carbonyl (C=O) groups is 3. The van der Waals surface area contributed by atoms with Gasteiger partial charge in [-0.05, 0) is 94.7 Å². The Hall–Kier alpha value is -3.55. The summed E-state index contributed by atoms with van der Waals surface area (Å²) < 4.78 is 5.47. The SMILES string of the molecule is CCC(C)C(NC(=O)OC(C)(C)C)C(=O)N(C1CC1)C(C(=O)Nc1c(C)cccc1C)c1ccc(O)c(C)c1. The van der Waals surface area contributed by atoms with Crippen LogP contribution < -0.4 is 10.6 Å². The molecule has 0 heterocycles. The van der Waals surface area contributed by atoms with Crippen LogP contribution in [0.4, 0.5) is 10.5 Å². The number of anilines is 1. The highest BCUT2D eigenvalue weighted by Gasteiger charge is 2.45. The van der Waals surface area contributed by atoms with Crippen molar-refractivity contribution in [2.45, 2.75) is 98.4 Å². The maximum Gasteiger partial charge on any atom is 0.408 e. The molecule has 1 aliphatic carbocycles. The van der Waals surface area contributed by atoms with Gasteiger partial charge in [0.2, 0.25) is 5.91 Å². The van der Waals surface area contributed by atoms with E-state index in [1.54, 1.807) is 50.8 Å². The molecule has 0 aliphatic heterocycles. The molecular weight excluding hydrogens is 494 g/mol. The molecule has 0 spiro atoms. The summed E-state index contributed by atoms with van der Waals surface area (Å²) in [6.07, 6.45) is 1.49. The molecule has 39 heavy (non-hydrogen) atoms. The first-order valence-corrected chi connectivity index (χ1v) is 13.7. The standard InChI is InChI=1S/C31H43N3O5/c1-9-18(2)26(33-30(38)39-31(6,7)8)29(37)34(23-14-15-23)27(22-13-16-24(35)21(5)17-22)28(36)32-25-19(3)11-10-12-20(25)4/h10-13,16-18,23,26-27,35H,9,14-15H2,1-8H3,(H,32,36)(H,33,38). The number of amides is 3. The summed E-state index contributed by atoms with van der Waals surface area (Å²) in [7, 11) is 0. The van der Waals surface area contributed by atoms with Crippen LogP contribution in [0.3, 0.4) is 0 Å². The summed E-state index contributed by atoms with van der Waals surface area (Å²) >= 11 is 0. The molecule has 3 rings (SSSR count). The van der Waals surface area contributed by atoms with E-state index in [0.29, 0.717) is 23.2 Å². The summed E-state index contributed by atoms with van der Waals surface area (Å²) in [6, 6.07) is 8.77. The molecule has 3 amide bonds. The molecule has 0 aromatic heterocycles. The molecule has 3 N–H and O–H groups in total. The number of phenolic OH excluding ortho intramolecular Hbond substituents is 1. The maximum atomic E-state index is 14.3. The van der Waals surface area contributed by atoms with Crippen LogP contribution >= 0.6 is 0 Å². The Morgan fingerprint density at radius 3 is 2.18 bits per heavy atom. The largest absolute Gasteiger partial charge is 0.508 e. The zero-order valence-corrected chi connectivity index (χ0v) is 24.4. The number of para-hydroxylation sites is 1. The van der Waals surface area contributed by atoms with Crippen molar-refractivity contribution >= 4 is 23.6 Å². The number of phenols is 1. The highest BCUT2D eigenvalue weighted by Crippen LogP contribution is 2.38. The van der Waals surface area contributed by atoms with Gasteiger partial charge in [0, 0.05) is 11.7 Å². The number of hydrogen-bond donors (Lipinski definition) is 3. The number of benzene rings is 2. The van der Waals surface area contributed by atoms with Gasteiger partial charge in [0.15, 0.2) is 0 Å². The molecule has 8 heteroatoms. The van der Waals surface area contributed by atoms with E-state index < -0.39 is 23.8 Å².